The summed E-state index contributed by atoms with van der Waals surface area (Å²) in [6.45, 7) is 0.0463. The molecule has 1 aromatic carbocycles. The molecular weight excluding hydrogens is 415 g/mol. The average Bonchev–Trinajstić information content (AvgIpc) is 2.76. The second kappa shape index (κ2) is 8.18. The summed E-state index contributed by atoms with van der Waals surface area (Å²) in [5.41, 5.74) is -1.15. The molecule has 1 aromatic heterocycles. The van der Waals surface area contributed by atoms with Crippen molar-refractivity contribution in [2.75, 3.05) is 31.1 Å². The van der Waals surface area contributed by atoms with Crippen LogP contribution in [0.4, 0.5) is 18.9 Å². The number of pyridine rings is 1. The van der Waals surface area contributed by atoms with Gasteiger partial charge in [0.05, 0.1) is 18.3 Å². The number of hydrogen-bond acceptors (Lipinski definition) is 5. The topological polar surface area (TPSA) is 72.0 Å². The first-order chi connectivity index (χ1) is 14.8. The normalized spacial score (nSPS) is 20.0. The van der Waals surface area contributed by atoms with Crippen molar-refractivity contribution in [3.05, 3.63) is 54.6 Å². The van der Waals surface area contributed by atoms with E-state index in [9.17, 15) is 22.8 Å². The highest BCUT2D eigenvalue weighted by Crippen LogP contribution is 2.40. The van der Waals surface area contributed by atoms with E-state index in [1.165, 1.54) is 23.2 Å². The lowest BCUT2D eigenvalue weighted by molar-refractivity contribution is -0.292. The first kappa shape index (κ1) is 21.1. The zero-order valence-corrected chi connectivity index (χ0v) is 16.5. The van der Waals surface area contributed by atoms with Crippen molar-refractivity contribution in [3.63, 3.8) is 0 Å². The Morgan fingerprint density at radius 1 is 1.16 bits per heavy atom. The van der Waals surface area contributed by atoms with Crippen molar-refractivity contribution in [1.82, 2.24) is 9.88 Å². The van der Waals surface area contributed by atoms with Crippen molar-refractivity contribution < 1.29 is 32.2 Å². The summed E-state index contributed by atoms with van der Waals surface area (Å²) in [7, 11) is 0. The summed E-state index contributed by atoms with van der Waals surface area (Å²) in [6.07, 6.45) is -0.712. The van der Waals surface area contributed by atoms with E-state index in [2.05, 4.69) is 4.98 Å². The minimum Gasteiger partial charge on any atom is -0.482 e. The van der Waals surface area contributed by atoms with Crippen LogP contribution in [-0.4, -0.2) is 59.6 Å². The van der Waals surface area contributed by atoms with Gasteiger partial charge in [-0.15, -0.1) is 0 Å². The Bertz CT molecular complexity index is 948. The molecule has 2 aliphatic rings. The van der Waals surface area contributed by atoms with E-state index in [0.717, 1.165) is 17.0 Å². The Hall–Kier alpha value is -3.14. The number of anilines is 1. The monoisotopic (exact) mass is 435 g/mol. The fourth-order valence-corrected chi connectivity index (χ4v) is 3.79. The maximum atomic E-state index is 14.4. The van der Waals surface area contributed by atoms with Gasteiger partial charge in [0.1, 0.15) is 11.6 Å². The van der Waals surface area contributed by atoms with Gasteiger partial charge in [0, 0.05) is 25.0 Å². The predicted octanol–water partition coefficient (Wildman–Crippen LogP) is 2.62. The Morgan fingerprint density at radius 2 is 1.87 bits per heavy atom. The van der Waals surface area contributed by atoms with Gasteiger partial charge in [0.25, 0.3) is 5.91 Å². The summed E-state index contributed by atoms with van der Waals surface area (Å²) in [5.74, 6) is -1.86. The van der Waals surface area contributed by atoms with Gasteiger partial charge in [-0.3, -0.25) is 14.6 Å². The van der Waals surface area contributed by atoms with E-state index in [4.69, 9.17) is 9.47 Å². The number of alkyl halides is 2. The van der Waals surface area contributed by atoms with Crippen LogP contribution in [0.2, 0.25) is 0 Å². The maximum Gasteiger partial charge on any atom is 0.437 e. The smallest absolute Gasteiger partial charge is 0.437 e. The minimum absolute atomic E-state index is 0.110. The summed E-state index contributed by atoms with van der Waals surface area (Å²) in [6, 6.07) is 8.11. The second-order valence-corrected chi connectivity index (χ2v) is 7.53. The SMILES string of the molecule is O=C(COc1cccnc1)N1CCC2(CC1)CN(c1ccc(F)cc1)C(=O)C(F)(F)O2. The first-order valence-corrected chi connectivity index (χ1v) is 9.74. The number of carbonyl (C=O) groups excluding carboxylic acids is 2. The minimum atomic E-state index is -4.01. The Balaban J connectivity index is 1.42. The molecule has 2 aromatic rings. The number of hydrogen-bond donors (Lipinski definition) is 0. The van der Waals surface area contributed by atoms with Crippen LogP contribution >= 0.6 is 0 Å². The van der Waals surface area contributed by atoms with Gasteiger partial charge in [0.15, 0.2) is 6.61 Å². The molecule has 7 nitrogen and oxygen atoms in total. The number of benzene rings is 1. The highest BCUT2D eigenvalue weighted by Gasteiger charge is 2.57. The first-order valence-electron chi connectivity index (χ1n) is 9.74. The van der Waals surface area contributed by atoms with Gasteiger partial charge in [0.2, 0.25) is 0 Å². The van der Waals surface area contributed by atoms with Crippen LogP contribution in [-0.2, 0) is 14.3 Å². The van der Waals surface area contributed by atoms with Crippen molar-refractivity contribution >= 4 is 17.5 Å². The number of halogens is 3. The van der Waals surface area contributed by atoms with Gasteiger partial charge in [-0.05, 0) is 49.2 Å². The molecule has 2 amide bonds. The third kappa shape index (κ3) is 4.48. The highest BCUT2D eigenvalue weighted by molar-refractivity contribution is 5.98. The molecule has 0 aliphatic carbocycles. The molecule has 3 heterocycles. The van der Waals surface area contributed by atoms with Gasteiger partial charge in [-0.25, -0.2) is 4.39 Å². The number of rotatable bonds is 4. The van der Waals surface area contributed by atoms with Gasteiger partial charge in [-0.2, -0.15) is 8.78 Å². The zero-order chi connectivity index (χ0) is 22.1. The Kier molecular flexibility index (Phi) is 5.57. The van der Waals surface area contributed by atoms with Crippen molar-refractivity contribution in [1.29, 1.82) is 0 Å². The fraction of sp³-hybridized carbons (Fsp3) is 0.381. The third-order valence-corrected chi connectivity index (χ3v) is 5.45. The lowest BCUT2D eigenvalue weighted by Gasteiger charge is -2.48. The van der Waals surface area contributed by atoms with Gasteiger partial charge in [-0.1, -0.05) is 0 Å². The summed E-state index contributed by atoms with van der Waals surface area (Å²) < 4.78 is 52.4. The molecule has 1 spiro atoms. The Morgan fingerprint density at radius 3 is 2.52 bits per heavy atom. The number of piperidine rings is 1. The van der Waals surface area contributed by atoms with Crippen LogP contribution in [0.15, 0.2) is 48.8 Å². The molecule has 0 radical (unpaired) electrons. The molecule has 2 saturated heterocycles. The van der Waals surface area contributed by atoms with Gasteiger partial charge >= 0.3 is 12.0 Å². The standard InChI is InChI=1S/C21H20F3N3O4/c22-15-3-5-16(6-4-15)27-14-20(31-21(23,24)19(27)29)7-10-26(11-8-20)18(28)13-30-17-2-1-9-25-12-17/h1-6,9,12H,7-8,10-11,13-14H2. The van der Waals surface area contributed by atoms with Crippen LogP contribution in [0.1, 0.15) is 12.8 Å². The average molecular weight is 435 g/mol. The van der Waals surface area contributed by atoms with Crippen molar-refractivity contribution in [2.45, 2.75) is 24.6 Å². The van der Waals surface area contributed by atoms with Crippen LogP contribution in [0, 0.1) is 5.82 Å². The lowest BCUT2D eigenvalue weighted by Crippen LogP contribution is -2.65. The number of ether oxygens (including phenoxy) is 2. The molecule has 0 N–H and O–H groups in total. The molecule has 31 heavy (non-hydrogen) atoms. The van der Waals surface area contributed by atoms with Crippen LogP contribution in [0.3, 0.4) is 0 Å². The number of morpholine rings is 1. The van der Waals surface area contributed by atoms with Crippen LogP contribution in [0.25, 0.3) is 0 Å². The van der Waals surface area contributed by atoms with E-state index < -0.39 is 23.4 Å². The van der Waals surface area contributed by atoms with Crippen molar-refractivity contribution in [3.8, 4) is 5.75 Å². The molecule has 164 valence electrons. The van der Waals surface area contributed by atoms with Crippen LogP contribution < -0.4 is 9.64 Å². The molecule has 2 aliphatic heterocycles. The van der Waals surface area contributed by atoms with E-state index in [1.54, 1.807) is 18.3 Å². The maximum absolute atomic E-state index is 14.4. The number of aromatic nitrogens is 1. The Labute approximate surface area is 176 Å². The molecule has 0 saturated carbocycles. The summed E-state index contributed by atoms with van der Waals surface area (Å²) in [5, 5.41) is 0. The third-order valence-electron chi connectivity index (χ3n) is 5.45. The molecule has 10 heteroatoms. The van der Waals surface area contributed by atoms with E-state index >= 15 is 0 Å². The molecule has 0 unspecified atom stereocenters. The predicted molar refractivity (Wildman–Crippen MR) is 103 cm³/mol. The second-order valence-electron chi connectivity index (χ2n) is 7.53. The number of nitrogens with zero attached hydrogens (tertiary/aromatic N) is 3. The molecule has 4 rings (SSSR count). The largest absolute Gasteiger partial charge is 0.482 e. The molecule has 2 fully saturated rings. The zero-order valence-electron chi connectivity index (χ0n) is 16.5. The van der Waals surface area contributed by atoms with E-state index in [0.29, 0.717) is 5.75 Å². The number of carbonyl (C=O) groups is 2. The molecular formula is C21H20F3N3O4. The summed E-state index contributed by atoms with van der Waals surface area (Å²) in [4.78, 5) is 31.0. The number of likely N-dealkylation sites (tertiary alicyclic amines) is 1. The lowest BCUT2D eigenvalue weighted by atomic mass is 9.88. The highest BCUT2D eigenvalue weighted by atomic mass is 19.3. The van der Waals surface area contributed by atoms with Crippen LogP contribution in [0.5, 0.6) is 5.75 Å². The quantitative estimate of drug-likeness (QED) is 0.739. The van der Waals surface area contributed by atoms with E-state index in [-0.39, 0.29) is 50.7 Å². The molecule has 0 atom stereocenters. The van der Waals surface area contributed by atoms with E-state index in [1.807, 2.05) is 0 Å². The molecule has 0 bridgehead atoms. The van der Waals surface area contributed by atoms with Gasteiger partial charge < -0.3 is 19.3 Å². The fourth-order valence-electron chi connectivity index (χ4n) is 3.79. The van der Waals surface area contributed by atoms with Crippen molar-refractivity contribution in [2.24, 2.45) is 0 Å². The number of amides is 2. The summed E-state index contributed by atoms with van der Waals surface area (Å²) >= 11 is 0.